The van der Waals surface area contributed by atoms with E-state index in [4.69, 9.17) is 5.73 Å². The van der Waals surface area contributed by atoms with Crippen molar-refractivity contribution in [2.45, 2.75) is 44.7 Å². The van der Waals surface area contributed by atoms with Crippen molar-refractivity contribution < 1.29 is 4.79 Å². The fourth-order valence-corrected chi connectivity index (χ4v) is 2.40. The van der Waals surface area contributed by atoms with Crippen LogP contribution in [0.2, 0.25) is 0 Å². The summed E-state index contributed by atoms with van der Waals surface area (Å²) in [6, 6.07) is 8.68. The molecule has 0 bridgehead atoms. The van der Waals surface area contributed by atoms with Gasteiger partial charge in [0.2, 0.25) is 5.91 Å². The van der Waals surface area contributed by atoms with Crippen LogP contribution >= 0.6 is 0 Å². The lowest BCUT2D eigenvalue weighted by Gasteiger charge is -2.25. The molecule has 0 heterocycles. The molecular weight excluding hydrogens is 212 g/mol. The number of nitrogens with two attached hydrogens (primary N) is 1. The van der Waals surface area contributed by atoms with Crippen molar-refractivity contribution in [1.82, 2.24) is 5.32 Å². The van der Waals surface area contributed by atoms with Crippen LogP contribution in [-0.2, 0) is 17.6 Å². The van der Waals surface area contributed by atoms with Gasteiger partial charge in [-0.25, -0.2) is 0 Å². The van der Waals surface area contributed by atoms with Crippen LogP contribution in [0.5, 0.6) is 0 Å². The summed E-state index contributed by atoms with van der Waals surface area (Å²) in [6.45, 7) is 1.86. The van der Waals surface area contributed by atoms with Gasteiger partial charge in [0.15, 0.2) is 0 Å². The quantitative estimate of drug-likeness (QED) is 0.827. The van der Waals surface area contributed by atoms with Gasteiger partial charge in [0.25, 0.3) is 0 Å². The van der Waals surface area contributed by atoms with Gasteiger partial charge in [-0.1, -0.05) is 24.3 Å². The number of nitrogens with one attached hydrogen (secondary N) is 1. The van der Waals surface area contributed by atoms with Crippen molar-refractivity contribution in [3.63, 3.8) is 0 Å². The zero-order valence-electron chi connectivity index (χ0n) is 10.3. The minimum absolute atomic E-state index is 0.0640. The van der Waals surface area contributed by atoms with Gasteiger partial charge in [0.1, 0.15) is 0 Å². The molecule has 0 radical (unpaired) electrons. The van der Waals surface area contributed by atoms with Crippen molar-refractivity contribution in [3.8, 4) is 0 Å². The Kier molecular flexibility index (Phi) is 3.79. The molecule has 3 nitrogen and oxygen atoms in total. The topological polar surface area (TPSA) is 55.1 Å². The van der Waals surface area contributed by atoms with Crippen LogP contribution in [-0.4, -0.2) is 18.0 Å². The molecule has 17 heavy (non-hydrogen) atoms. The van der Waals surface area contributed by atoms with Gasteiger partial charge in [-0.2, -0.15) is 0 Å². The molecule has 2 rings (SSSR count). The summed E-state index contributed by atoms with van der Waals surface area (Å²) >= 11 is 0. The average Bonchev–Trinajstić information content (AvgIpc) is 2.27. The number of rotatable bonds is 3. The van der Waals surface area contributed by atoms with E-state index in [-0.39, 0.29) is 18.0 Å². The van der Waals surface area contributed by atoms with Gasteiger partial charge in [-0.05, 0) is 37.3 Å². The highest BCUT2D eigenvalue weighted by Gasteiger charge is 2.19. The SMILES string of the molecule is CC(N)CC(=O)NC1CCc2ccccc2C1. The minimum atomic E-state index is -0.0640. The van der Waals surface area contributed by atoms with Crippen LogP contribution in [0, 0.1) is 0 Å². The second-order valence-corrected chi connectivity index (χ2v) is 4.96. The molecule has 0 spiro atoms. The Balaban J connectivity index is 1.92. The predicted molar refractivity (Wildman–Crippen MR) is 68.7 cm³/mol. The van der Waals surface area contributed by atoms with E-state index in [1.54, 1.807) is 0 Å². The molecule has 1 aromatic carbocycles. The van der Waals surface area contributed by atoms with Crippen molar-refractivity contribution >= 4 is 5.91 Å². The fraction of sp³-hybridized carbons (Fsp3) is 0.500. The molecule has 3 N–H and O–H groups in total. The molecule has 2 unspecified atom stereocenters. The molecular formula is C14H20N2O. The van der Waals surface area contributed by atoms with Crippen LogP contribution in [0.25, 0.3) is 0 Å². The maximum Gasteiger partial charge on any atom is 0.221 e. The Morgan fingerprint density at radius 2 is 2.18 bits per heavy atom. The van der Waals surface area contributed by atoms with Crippen LogP contribution in [0.1, 0.15) is 30.9 Å². The molecule has 0 saturated carbocycles. The van der Waals surface area contributed by atoms with Crippen LogP contribution in [0.3, 0.4) is 0 Å². The Morgan fingerprint density at radius 1 is 1.47 bits per heavy atom. The standard InChI is InChI=1S/C14H20N2O/c1-10(15)8-14(17)16-13-7-6-11-4-2-3-5-12(11)9-13/h2-5,10,13H,6-9,15H2,1H3,(H,16,17). The highest BCUT2D eigenvalue weighted by Crippen LogP contribution is 2.20. The van der Waals surface area contributed by atoms with E-state index < -0.39 is 0 Å². The molecule has 0 saturated heterocycles. The monoisotopic (exact) mass is 232 g/mol. The average molecular weight is 232 g/mol. The highest BCUT2D eigenvalue weighted by atomic mass is 16.1. The van der Waals surface area contributed by atoms with Crippen molar-refractivity contribution in [3.05, 3.63) is 35.4 Å². The van der Waals surface area contributed by atoms with Gasteiger partial charge in [0, 0.05) is 18.5 Å². The summed E-state index contributed by atoms with van der Waals surface area (Å²) in [6.07, 6.45) is 3.44. The second-order valence-electron chi connectivity index (χ2n) is 4.96. The molecule has 0 aliphatic heterocycles. The highest BCUT2D eigenvalue weighted by molar-refractivity contribution is 5.76. The van der Waals surface area contributed by atoms with Gasteiger partial charge >= 0.3 is 0 Å². The van der Waals surface area contributed by atoms with E-state index >= 15 is 0 Å². The lowest BCUT2D eigenvalue weighted by molar-refractivity contribution is -0.122. The third-order valence-electron chi connectivity index (χ3n) is 3.22. The van der Waals surface area contributed by atoms with E-state index in [0.29, 0.717) is 6.42 Å². The normalized spacial score (nSPS) is 20.5. The second kappa shape index (κ2) is 5.32. The van der Waals surface area contributed by atoms with Crippen molar-refractivity contribution in [1.29, 1.82) is 0 Å². The van der Waals surface area contributed by atoms with E-state index in [1.807, 2.05) is 6.92 Å². The zero-order chi connectivity index (χ0) is 12.3. The number of hydrogen-bond acceptors (Lipinski definition) is 2. The number of amides is 1. The van der Waals surface area contributed by atoms with E-state index in [9.17, 15) is 4.79 Å². The molecule has 1 aliphatic carbocycles. The maximum absolute atomic E-state index is 11.6. The Hall–Kier alpha value is -1.35. The Bertz CT molecular complexity index is 401. The van der Waals surface area contributed by atoms with E-state index in [1.165, 1.54) is 11.1 Å². The number of benzene rings is 1. The summed E-state index contributed by atoms with van der Waals surface area (Å²) in [4.78, 5) is 11.6. The molecule has 3 heteroatoms. The summed E-state index contributed by atoms with van der Waals surface area (Å²) in [5.41, 5.74) is 8.40. The molecule has 92 valence electrons. The fourth-order valence-electron chi connectivity index (χ4n) is 2.40. The predicted octanol–water partition coefficient (Wildman–Crippen LogP) is 1.40. The number of fused-ring (bicyclic) bond motifs is 1. The van der Waals surface area contributed by atoms with E-state index in [2.05, 4.69) is 29.6 Å². The first-order valence-electron chi connectivity index (χ1n) is 6.27. The molecule has 1 aliphatic rings. The summed E-state index contributed by atoms with van der Waals surface area (Å²) in [7, 11) is 0. The largest absolute Gasteiger partial charge is 0.353 e. The number of aryl methyl sites for hydroxylation is 1. The molecule has 1 aromatic rings. The molecule has 1 amide bonds. The van der Waals surface area contributed by atoms with Gasteiger partial charge in [0.05, 0.1) is 0 Å². The number of hydrogen-bond donors (Lipinski definition) is 2. The summed E-state index contributed by atoms with van der Waals surface area (Å²) < 4.78 is 0. The minimum Gasteiger partial charge on any atom is -0.353 e. The van der Waals surface area contributed by atoms with Crippen LogP contribution in [0.15, 0.2) is 24.3 Å². The Morgan fingerprint density at radius 3 is 2.88 bits per heavy atom. The first-order valence-corrected chi connectivity index (χ1v) is 6.27. The molecule has 0 aromatic heterocycles. The molecule has 2 atom stereocenters. The van der Waals surface area contributed by atoms with Gasteiger partial charge < -0.3 is 11.1 Å². The van der Waals surface area contributed by atoms with Crippen molar-refractivity contribution in [2.24, 2.45) is 5.73 Å². The third kappa shape index (κ3) is 3.30. The number of carbonyl (C=O) groups is 1. The number of carbonyl (C=O) groups excluding carboxylic acids is 1. The Labute approximate surface area is 102 Å². The van der Waals surface area contributed by atoms with E-state index in [0.717, 1.165) is 19.3 Å². The van der Waals surface area contributed by atoms with Crippen LogP contribution in [0.4, 0.5) is 0 Å². The summed E-state index contributed by atoms with van der Waals surface area (Å²) in [5.74, 6) is 0.0735. The lowest BCUT2D eigenvalue weighted by atomic mass is 9.88. The zero-order valence-corrected chi connectivity index (χ0v) is 10.3. The maximum atomic E-state index is 11.6. The lowest BCUT2D eigenvalue weighted by Crippen LogP contribution is -2.40. The first kappa shape index (κ1) is 12.1. The molecule has 0 fully saturated rings. The van der Waals surface area contributed by atoms with Gasteiger partial charge in [-0.3, -0.25) is 4.79 Å². The smallest absolute Gasteiger partial charge is 0.221 e. The third-order valence-corrected chi connectivity index (χ3v) is 3.22. The van der Waals surface area contributed by atoms with Crippen LogP contribution < -0.4 is 11.1 Å². The summed E-state index contributed by atoms with van der Waals surface area (Å²) in [5, 5.41) is 3.07. The van der Waals surface area contributed by atoms with Gasteiger partial charge in [-0.15, -0.1) is 0 Å². The van der Waals surface area contributed by atoms with Crippen molar-refractivity contribution in [2.75, 3.05) is 0 Å². The first-order chi connectivity index (χ1) is 8.15.